The highest BCUT2D eigenvalue weighted by Gasteiger charge is 2.22. The summed E-state index contributed by atoms with van der Waals surface area (Å²) in [5, 5.41) is 2.75. The van der Waals surface area contributed by atoms with E-state index in [4.69, 9.17) is 0 Å². The molecule has 0 radical (unpaired) electrons. The fourth-order valence-electron chi connectivity index (χ4n) is 2.84. The molecule has 1 aromatic heterocycles. The first kappa shape index (κ1) is 16.9. The second kappa shape index (κ2) is 6.89. The predicted octanol–water partition coefficient (Wildman–Crippen LogP) is 4.41. The molecule has 0 bridgehead atoms. The van der Waals surface area contributed by atoms with E-state index in [1.807, 2.05) is 0 Å². The lowest BCUT2D eigenvalue weighted by molar-refractivity contribution is 0.0946. The number of H-pyrrole nitrogens is 1. The van der Waals surface area contributed by atoms with E-state index >= 15 is 0 Å². The molecule has 0 saturated heterocycles. The molecule has 128 valence electrons. The van der Waals surface area contributed by atoms with E-state index in [1.54, 1.807) is 31.2 Å². The first-order valence-corrected chi connectivity index (χ1v) is 7.99. The summed E-state index contributed by atoms with van der Waals surface area (Å²) in [5.74, 6) is -1.08. The van der Waals surface area contributed by atoms with Crippen molar-refractivity contribution >= 4 is 17.1 Å². The summed E-state index contributed by atoms with van der Waals surface area (Å²) < 4.78 is 28.4. The van der Waals surface area contributed by atoms with Crippen molar-refractivity contribution in [1.82, 2.24) is 10.3 Å². The Hall–Kier alpha value is -2.95. The number of allylic oxidation sites excluding steroid dienone is 5. The molecule has 2 N–H and O–H groups in total. The molecule has 1 aromatic carbocycles. The van der Waals surface area contributed by atoms with Crippen molar-refractivity contribution in [2.75, 3.05) is 6.54 Å². The fourth-order valence-corrected chi connectivity index (χ4v) is 2.84. The summed E-state index contributed by atoms with van der Waals surface area (Å²) in [4.78, 5) is 15.0. The quantitative estimate of drug-likeness (QED) is 0.796. The van der Waals surface area contributed by atoms with Crippen molar-refractivity contribution in [3.63, 3.8) is 0 Å². The average Bonchev–Trinajstić information content (AvgIpc) is 3.04. The molecule has 2 heterocycles. The van der Waals surface area contributed by atoms with E-state index < -0.39 is 11.6 Å². The number of fused-ring (bicyclic) bond motifs is 1. The van der Waals surface area contributed by atoms with E-state index in [1.165, 1.54) is 18.2 Å². The lowest BCUT2D eigenvalue weighted by atomic mass is 10.0. The molecule has 3 nitrogen and oxygen atoms in total. The summed E-state index contributed by atoms with van der Waals surface area (Å²) in [6, 6.07) is 7.82. The molecule has 25 heavy (non-hydrogen) atoms. The number of carbonyl (C=O) groups excluding carboxylic acids is 1. The van der Waals surface area contributed by atoms with Gasteiger partial charge in [0.15, 0.2) is 0 Å². The Morgan fingerprint density at radius 1 is 1.32 bits per heavy atom. The Bertz CT molecular complexity index is 906. The average molecular weight is 340 g/mol. The van der Waals surface area contributed by atoms with Crippen molar-refractivity contribution in [3.8, 4) is 0 Å². The highest BCUT2D eigenvalue weighted by molar-refractivity contribution is 5.98. The van der Waals surface area contributed by atoms with Gasteiger partial charge >= 0.3 is 0 Å². The van der Waals surface area contributed by atoms with E-state index in [9.17, 15) is 13.6 Å². The van der Waals surface area contributed by atoms with E-state index in [-0.39, 0.29) is 11.5 Å². The smallest absolute Gasteiger partial charge is 0.253 e. The van der Waals surface area contributed by atoms with Crippen molar-refractivity contribution in [3.05, 3.63) is 83.2 Å². The lowest BCUT2D eigenvalue weighted by Gasteiger charge is -2.11. The number of aromatic amines is 1. The Morgan fingerprint density at radius 3 is 2.76 bits per heavy atom. The molecule has 5 heteroatoms. The number of carbonyl (C=O) groups is 1. The molecular formula is C20H18F2N2O. The zero-order chi connectivity index (χ0) is 18.0. The zero-order valence-electron chi connectivity index (χ0n) is 13.8. The Kier molecular flexibility index (Phi) is 4.65. The summed E-state index contributed by atoms with van der Waals surface area (Å²) in [7, 11) is 0. The van der Waals surface area contributed by atoms with Gasteiger partial charge in [0, 0.05) is 35.5 Å². The molecule has 1 amide bonds. The minimum Gasteiger partial charge on any atom is -0.358 e. The van der Waals surface area contributed by atoms with Gasteiger partial charge in [-0.25, -0.2) is 8.78 Å². The van der Waals surface area contributed by atoms with Gasteiger partial charge in [-0.15, -0.1) is 0 Å². The van der Waals surface area contributed by atoms with Gasteiger partial charge in [-0.3, -0.25) is 4.79 Å². The number of nitrogens with one attached hydrogen (secondary N) is 2. The van der Waals surface area contributed by atoms with Gasteiger partial charge in [-0.1, -0.05) is 30.9 Å². The van der Waals surface area contributed by atoms with Crippen LogP contribution in [-0.4, -0.2) is 17.4 Å². The maximum atomic E-state index is 14.5. The van der Waals surface area contributed by atoms with Gasteiger partial charge in [0.1, 0.15) is 11.6 Å². The van der Waals surface area contributed by atoms with Crippen molar-refractivity contribution in [1.29, 1.82) is 0 Å². The number of halogens is 2. The molecular weight excluding hydrogens is 322 g/mol. The summed E-state index contributed by atoms with van der Waals surface area (Å²) in [6.07, 6.45) is 3.46. The van der Waals surface area contributed by atoms with Gasteiger partial charge in [-0.2, -0.15) is 0 Å². The molecule has 3 rings (SSSR count). The standard InChI is InChI=1S/C20H18F2N2O/c1-3-16(21)14(10-12(2)13-6-4-5-7-17(13)22)19-11-15-18(24-19)8-9-23-20(15)25/h3-7,10-11,24H,2,8-9H2,1H3,(H,23,25)/b14-10+,16-3+. The normalized spacial score (nSPS) is 14.9. The molecule has 0 unspecified atom stereocenters. The Labute approximate surface area is 144 Å². The molecule has 0 saturated carbocycles. The van der Waals surface area contributed by atoms with Crippen LogP contribution in [0.5, 0.6) is 0 Å². The van der Waals surface area contributed by atoms with Crippen LogP contribution in [0.4, 0.5) is 8.78 Å². The van der Waals surface area contributed by atoms with Gasteiger partial charge < -0.3 is 10.3 Å². The second-order valence-corrected chi connectivity index (χ2v) is 5.78. The van der Waals surface area contributed by atoms with Gasteiger partial charge in [0.2, 0.25) is 0 Å². The van der Waals surface area contributed by atoms with E-state index in [0.717, 1.165) is 5.69 Å². The van der Waals surface area contributed by atoms with Crippen LogP contribution in [0.25, 0.3) is 11.1 Å². The van der Waals surface area contributed by atoms with Crippen LogP contribution in [0.1, 0.15) is 34.2 Å². The third-order valence-corrected chi connectivity index (χ3v) is 4.14. The van der Waals surface area contributed by atoms with E-state index in [0.29, 0.717) is 35.4 Å². The molecule has 2 aromatic rings. The van der Waals surface area contributed by atoms with Gasteiger partial charge in [0.05, 0.1) is 5.56 Å². The van der Waals surface area contributed by atoms with Crippen LogP contribution in [-0.2, 0) is 6.42 Å². The van der Waals surface area contributed by atoms with Gasteiger partial charge in [-0.05, 0) is 30.7 Å². The van der Waals surface area contributed by atoms with Crippen molar-refractivity contribution in [2.45, 2.75) is 13.3 Å². The first-order valence-electron chi connectivity index (χ1n) is 7.99. The number of hydrogen-bond acceptors (Lipinski definition) is 1. The third-order valence-electron chi connectivity index (χ3n) is 4.14. The largest absolute Gasteiger partial charge is 0.358 e. The molecule has 1 aliphatic heterocycles. The molecule has 0 spiro atoms. The summed E-state index contributed by atoms with van der Waals surface area (Å²) in [6.45, 7) is 5.98. The number of amides is 1. The number of aromatic nitrogens is 1. The van der Waals surface area contributed by atoms with Crippen LogP contribution in [0.15, 0.2) is 54.9 Å². The number of benzene rings is 1. The fraction of sp³-hybridized carbons (Fsp3) is 0.150. The Morgan fingerprint density at radius 2 is 2.08 bits per heavy atom. The highest BCUT2D eigenvalue weighted by Crippen LogP contribution is 2.30. The minimum absolute atomic E-state index is 0.183. The number of hydrogen-bond donors (Lipinski definition) is 2. The first-order chi connectivity index (χ1) is 12.0. The maximum Gasteiger partial charge on any atom is 0.253 e. The SMILES string of the molecule is C=C(/C=C(\C(F)=C/C)c1cc2c([nH]1)CCNC2=O)c1ccccc1F. The maximum absolute atomic E-state index is 14.5. The van der Waals surface area contributed by atoms with Crippen LogP contribution in [0, 0.1) is 5.82 Å². The highest BCUT2D eigenvalue weighted by atomic mass is 19.1. The van der Waals surface area contributed by atoms with Crippen LogP contribution >= 0.6 is 0 Å². The third kappa shape index (κ3) is 3.31. The Balaban J connectivity index is 2.06. The lowest BCUT2D eigenvalue weighted by Crippen LogP contribution is -2.31. The van der Waals surface area contributed by atoms with Crippen LogP contribution in [0.2, 0.25) is 0 Å². The molecule has 0 aliphatic carbocycles. The van der Waals surface area contributed by atoms with Crippen molar-refractivity contribution < 1.29 is 13.6 Å². The zero-order valence-corrected chi connectivity index (χ0v) is 13.8. The van der Waals surface area contributed by atoms with Crippen LogP contribution in [0.3, 0.4) is 0 Å². The van der Waals surface area contributed by atoms with Gasteiger partial charge in [0.25, 0.3) is 5.91 Å². The molecule has 0 atom stereocenters. The predicted molar refractivity (Wildman–Crippen MR) is 95.1 cm³/mol. The number of rotatable bonds is 4. The topological polar surface area (TPSA) is 44.9 Å². The molecule has 0 fully saturated rings. The van der Waals surface area contributed by atoms with E-state index in [2.05, 4.69) is 16.9 Å². The second-order valence-electron chi connectivity index (χ2n) is 5.78. The minimum atomic E-state index is -0.475. The van der Waals surface area contributed by atoms with Crippen LogP contribution < -0.4 is 5.32 Å². The molecule has 1 aliphatic rings. The monoisotopic (exact) mass is 340 g/mol. The summed E-state index contributed by atoms with van der Waals surface area (Å²) >= 11 is 0. The summed E-state index contributed by atoms with van der Waals surface area (Å²) in [5.41, 5.74) is 2.63. The van der Waals surface area contributed by atoms with Crippen molar-refractivity contribution in [2.24, 2.45) is 0 Å².